The van der Waals surface area contributed by atoms with Crippen LogP contribution in [0.25, 0.3) is 0 Å². The van der Waals surface area contributed by atoms with E-state index in [1.54, 1.807) is 24.3 Å². The fourth-order valence-corrected chi connectivity index (χ4v) is 3.86. The number of benzene rings is 1. The molecule has 0 bridgehead atoms. The van der Waals surface area contributed by atoms with Crippen LogP contribution in [0.1, 0.15) is 23.2 Å². The Kier molecular flexibility index (Phi) is 5.19. The van der Waals surface area contributed by atoms with Crippen LogP contribution in [-0.4, -0.2) is 46.8 Å². The van der Waals surface area contributed by atoms with Crippen LogP contribution in [0.15, 0.2) is 24.3 Å². The van der Waals surface area contributed by atoms with Crippen molar-refractivity contribution in [2.75, 3.05) is 36.7 Å². The van der Waals surface area contributed by atoms with Gasteiger partial charge in [-0.3, -0.25) is 9.10 Å². The summed E-state index contributed by atoms with van der Waals surface area (Å²) in [5.41, 5.74) is 1.05. The van der Waals surface area contributed by atoms with Gasteiger partial charge in [-0.15, -0.1) is 0 Å². The first kappa shape index (κ1) is 15.8. The van der Waals surface area contributed by atoms with Crippen molar-refractivity contribution in [3.05, 3.63) is 29.8 Å². The molecule has 0 aromatic heterocycles. The summed E-state index contributed by atoms with van der Waals surface area (Å²) < 4.78 is 25.2. The smallest absolute Gasteiger partial charge is 0.251 e. The van der Waals surface area contributed by atoms with Crippen LogP contribution in [0.2, 0.25) is 0 Å². The summed E-state index contributed by atoms with van der Waals surface area (Å²) in [6.07, 6.45) is 1.48. The highest BCUT2D eigenvalue weighted by atomic mass is 32.2. The number of anilines is 1. The zero-order chi connectivity index (χ0) is 15.3. The van der Waals surface area contributed by atoms with Crippen LogP contribution >= 0.6 is 0 Å². The van der Waals surface area contributed by atoms with Gasteiger partial charge in [0.2, 0.25) is 10.0 Å². The lowest BCUT2D eigenvalue weighted by molar-refractivity contribution is 0.0953. The molecule has 1 amide bonds. The first-order valence-corrected chi connectivity index (χ1v) is 8.69. The molecule has 2 rings (SSSR count). The number of nitrogens with zero attached hydrogens (tertiary/aromatic N) is 1. The van der Waals surface area contributed by atoms with Gasteiger partial charge in [0, 0.05) is 18.7 Å². The summed E-state index contributed by atoms with van der Waals surface area (Å²) >= 11 is 0. The second-order valence-corrected chi connectivity index (χ2v) is 7.02. The van der Waals surface area contributed by atoms with Gasteiger partial charge in [-0.05, 0) is 44.6 Å². The number of rotatable bonds is 6. The predicted molar refractivity (Wildman–Crippen MR) is 83.1 cm³/mol. The number of hydrogen-bond acceptors (Lipinski definition) is 4. The number of hydrogen-bond donors (Lipinski definition) is 2. The fourth-order valence-electron chi connectivity index (χ4n) is 2.30. The van der Waals surface area contributed by atoms with E-state index in [9.17, 15) is 13.2 Å². The molecule has 21 heavy (non-hydrogen) atoms. The second-order valence-electron chi connectivity index (χ2n) is 5.01. The number of carbonyl (C=O) groups is 1. The van der Waals surface area contributed by atoms with Gasteiger partial charge >= 0.3 is 0 Å². The van der Waals surface area contributed by atoms with E-state index in [2.05, 4.69) is 10.6 Å². The average molecular weight is 311 g/mol. The van der Waals surface area contributed by atoms with E-state index in [4.69, 9.17) is 0 Å². The van der Waals surface area contributed by atoms with Crippen LogP contribution in [0.4, 0.5) is 5.69 Å². The monoisotopic (exact) mass is 311 g/mol. The van der Waals surface area contributed by atoms with Crippen LogP contribution in [0.5, 0.6) is 0 Å². The molecular weight excluding hydrogens is 290 g/mol. The van der Waals surface area contributed by atoms with Crippen molar-refractivity contribution in [3.63, 3.8) is 0 Å². The topological polar surface area (TPSA) is 78.5 Å². The zero-order valence-corrected chi connectivity index (χ0v) is 12.9. The molecule has 1 aromatic carbocycles. The SMILES string of the molecule is CNCCCNC(=O)c1cccc(N2CCCS2(=O)=O)c1. The van der Waals surface area contributed by atoms with Gasteiger partial charge in [-0.1, -0.05) is 6.07 Å². The Morgan fingerprint density at radius 3 is 2.81 bits per heavy atom. The molecule has 0 radical (unpaired) electrons. The molecule has 1 aliphatic rings. The molecule has 1 fully saturated rings. The molecule has 1 saturated heterocycles. The first-order valence-electron chi connectivity index (χ1n) is 7.08. The van der Waals surface area contributed by atoms with E-state index in [1.807, 2.05) is 7.05 Å². The molecule has 0 atom stereocenters. The molecule has 7 heteroatoms. The summed E-state index contributed by atoms with van der Waals surface area (Å²) in [6, 6.07) is 6.77. The highest BCUT2D eigenvalue weighted by Gasteiger charge is 2.28. The lowest BCUT2D eigenvalue weighted by Crippen LogP contribution is -2.28. The summed E-state index contributed by atoms with van der Waals surface area (Å²) in [5, 5.41) is 5.84. The third-order valence-electron chi connectivity index (χ3n) is 3.38. The summed E-state index contributed by atoms with van der Waals surface area (Å²) in [7, 11) is -1.35. The highest BCUT2D eigenvalue weighted by molar-refractivity contribution is 7.93. The Bertz CT molecular complexity index is 601. The third-order valence-corrected chi connectivity index (χ3v) is 5.25. The molecule has 1 aromatic rings. The third kappa shape index (κ3) is 3.95. The standard InChI is InChI=1S/C14H21N3O3S/c1-15-7-3-8-16-14(18)12-5-2-6-13(11-12)17-9-4-10-21(17,19)20/h2,5-6,11,15H,3-4,7-10H2,1H3,(H,16,18). The van der Waals surface area contributed by atoms with Gasteiger partial charge in [-0.25, -0.2) is 8.42 Å². The van der Waals surface area contributed by atoms with Crippen LogP contribution in [0.3, 0.4) is 0 Å². The van der Waals surface area contributed by atoms with Crippen molar-refractivity contribution >= 4 is 21.6 Å². The molecule has 6 nitrogen and oxygen atoms in total. The van der Waals surface area contributed by atoms with Crippen LogP contribution in [0, 0.1) is 0 Å². The Morgan fingerprint density at radius 2 is 2.14 bits per heavy atom. The van der Waals surface area contributed by atoms with E-state index in [0.717, 1.165) is 13.0 Å². The van der Waals surface area contributed by atoms with Crippen molar-refractivity contribution in [1.29, 1.82) is 0 Å². The second kappa shape index (κ2) is 6.91. The van der Waals surface area contributed by atoms with Gasteiger partial charge in [0.05, 0.1) is 11.4 Å². The Morgan fingerprint density at radius 1 is 1.33 bits per heavy atom. The minimum absolute atomic E-state index is 0.174. The molecule has 0 saturated carbocycles. The largest absolute Gasteiger partial charge is 0.352 e. The number of carbonyl (C=O) groups excluding carboxylic acids is 1. The lowest BCUT2D eigenvalue weighted by atomic mass is 10.2. The van der Waals surface area contributed by atoms with E-state index in [1.165, 1.54) is 4.31 Å². The highest BCUT2D eigenvalue weighted by Crippen LogP contribution is 2.24. The minimum atomic E-state index is -3.21. The summed E-state index contributed by atoms with van der Waals surface area (Å²) in [4.78, 5) is 12.0. The summed E-state index contributed by atoms with van der Waals surface area (Å²) in [5.74, 6) is -0.00230. The molecule has 0 aliphatic carbocycles. The van der Waals surface area contributed by atoms with Crippen molar-refractivity contribution in [3.8, 4) is 0 Å². The molecule has 0 spiro atoms. The van der Waals surface area contributed by atoms with Gasteiger partial charge < -0.3 is 10.6 Å². The van der Waals surface area contributed by atoms with Crippen molar-refractivity contribution in [1.82, 2.24) is 10.6 Å². The quantitative estimate of drug-likeness (QED) is 0.753. The first-order chi connectivity index (χ1) is 10.0. The molecule has 116 valence electrons. The summed E-state index contributed by atoms with van der Waals surface area (Å²) in [6.45, 7) is 1.91. The maximum atomic E-state index is 12.0. The number of sulfonamides is 1. The Hall–Kier alpha value is -1.60. The maximum Gasteiger partial charge on any atom is 0.251 e. The lowest BCUT2D eigenvalue weighted by Gasteiger charge is -2.17. The molecule has 0 unspecified atom stereocenters. The predicted octanol–water partition coefficient (Wildman–Crippen LogP) is 0.566. The fraction of sp³-hybridized carbons (Fsp3) is 0.500. The van der Waals surface area contributed by atoms with E-state index < -0.39 is 10.0 Å². The Balaban J connectivity index is 2.06. The Labute approximate surface area is 125 Å². The molecule has 1 heterocycles. The van der Waals surface area contributed by atoms with E-state index in [0.29, 0.717) is 30.8 Å². The average Bonchev–Trinajstić information content (AvgIpc) is 2.83. The van der Waals surface area contributed by atoms with Gasteiger partial charge in [0.25, 0.3) is 5.91 Å². The van der Waals surface area contributed by atoms with Gasteiger partial charge in [0.15, 0.2) is 0 Å². The van der Waals surface area contributed by atoms with E-state index >= 15 is 0 Å². The van der Waals surface area contributed by atoms with Crippen molar-refractivity contribution < 1.29 is 13.2 Å². The molecule has 2 N–H and O–H groups in total. The molecular formula is C14H21N3O3S. The maximum absolute atomic E-state index is 12.0. The molecule has 1 aliphatic heterocycles. The minimum Gasteiger partial charge on any atom is -0.352 e. The van der Waals surface area contributed by atoms with Crippen LogP contribution < -0.4 is 14.9 Å². The zero-order valence-electron chi connectivity index (χ0n) is 12.1. The van der Waals surface area contributed by atoms with E-state index in [-0.39, 0.29) is 11.7 Å². The van der Waals surface area contributed by atoms with Crippen molar-refractivity contribution in [2.45, 2.75) is 12.8 Å². The normalized spacial score (nSPS) is 16.9. The number of nitrogens with one attached hydrogen (secondary N) is 2. The van der Waals surface area contributed by atoms with Crippen molar-refractivity contribution in [2.24, 2.45) is 0 Å². The number of amides is 1. The van der Waals surface area contributed by atoms with Crippen LogP contribution in [-0.2, 0) is 10.0 Å². The van der Waals surface area contributed by atoms with Gasteiger partial charge in [0.1, 0.15) is 0 Å². The van der Waals surface area contributed by atoms with Gasteiger partial charge in [-0.2, -0.15) is 0 Å².